The van der Waals surface area contributed by atoms with Crippen LogP contribution in [0.25, 0.3) is 0 Å². The maximum absolute atomic E-state index is 11.5. The van der Waals surface area contributed by atoms with E-state index in [9.17, 15) is 4.79 Å². The van der Waals surface area contributed by atoms with Crippen LogP contribution < -0.4 is 5.73 Å². The number of nitrogens with zero attached hydrogens (tertiary/aromatic N) is 1. The fourth-order valence-electron chi connectivity index (χ4n) is 2.56. The summed E-state index contributed by atoms with van der Waals surface area (Å²) in [6, 6.07) is 8.59. The fraction of sp³-hybridized carbons (Fsp3) is 0.500. The number of hydrogen-bond donors (Lipinski definition) is 1. The van der Waals surface area contributed by atoms with Crippen molar-refractivity contribution >= 4 is 5.91 Å². The zero-order valence-electron chi connectivity index (χ0n) is 10.5. The normalized spacial score (nSPS) is 24.8. The third kappa shape index (κ3) is 2.86. The van der Waals surface area contributed by atoms with Gasteiger partial charge < -0.3 is 10.6 Å². The smallest absolute Gasteiger partial charge is 0.219 e. The first kappa shape index (κ1) is 12.1. The van der Waals surface area contributed by atoms with Crippen molar-refractivity contribution < 1.29 is 4.79 Å². The molecule has 1 aromatic carbocycles. The van der Waals surface area contributed by atoms with Crippen molar-refractivity contribution in [3.63, 3.8) is 0 Å². The number of nitrogens with two attached hydrogens (primary N) is 1. The zero-order chi connectivity index (χ0) is 12.4. The van der Waals surface area contributed by atoms with E-state index in [4.69, 9.17) is 5.73 Å². The quantitative estimate of drug-likeness (QED) is 0.800. The Balaban J connectivity index is 2.18. The summed E-state index contributed by atoms with van der Waals surface area (Å²) in [4.78, 5) is 13.3. The number of aryl methyl sites for hydroxylation is 1. The van der Waals surface area contributed by atoms with Gasteiger partial charge in [-0.25, -0.2) is 0 Å². The standard InChI is InChI=1S/C14H20N2O/c1-10-4-3-5-12(6-10)13-7-14(15)9-16(8-13)11(2)17/h3-6,13-14H,7-9,15H2,1-2H3. The number of benzene rings is 1. The molecule has 1 aromatic rings. The number of rotatable bonds is 1. The van der Waals surface area contributed by atoms with Gasteiger partial charge in [-0.3, -0.25) is 4.79 Å². The van der Waals surface area contributed by atoms with Gasteiger partial charge in [0.15, 0.2) is 0 Å². The van der Waals surface area contributed by atoms with E-state index in [-0.39, 0.29) is 11.9 Å². The average molecular weight is 232 g/mol. The second-order valence-electron chi connectivity index (χ2n) is 5.03. The Morgan fingerprint density at radius 2 is 2.18 bits per heavy atom. The highest BCUT2D eigenvalue weighted by atomic mass is 16.2. The zero-order valence-corrected chi connectivity index (χ0v) is 10.5. The Morgan fingerprint density at radius 1 is 1.41 bits per heavy atom. The molecule has 2 atom stereocenters. The lowest BCUT2D eigenvalue weighted by Gasteiger charge is -2.36. The summed E-state index contributed by atoms with van der Waals surface area (Å²) in [6.07, 6.45) is 0.966. The molecule has 3 heteroatoms. The van der Waals surface area contributed by atoms with E-state index in [0.717, 1.165) is 13.0 Å². The predicted octanol–water partition coefficient (Wildman–Crippen LogP) is 1.66. The van der Waals surface area contributed by atoms with Gasteiger partial charge in [0, 0.05) is 32.0 Å². The van der Waals surface area contributed by atoms with Gasteiger partial charge in [0.2, 0.25) is 5.91 Å². The van der Waals surface area contributed by atoms with Crippen LogP contribution in [0.1, 0.15) is 30.4 Å². The van der Waals surface area contributed by atoms with Crippen molar-refractivity contribution in [2.75, 3.05) is 13.1 Å². The highest BCUT2D eigenvalue weighted by Crippen LogP contribution is 2.26. The van der Waals surface area contributed by atoms with E-state index in [1.807, 2.05) is 4.90 Å². The molecular weight excluding hydrogens is 212 g/mol. The molecule has 1 fully saturated rings. The second kappa shape index (κ2) is 4.88. The molecule has 0 saturated carbocycles. The Labute approximate surface area is 103 Å². The van der Waals surface area contributed by atoms with Gasteiger partial charge in [-0.05, 0) is 18.9 Å². The van der Waals surface area contributed by atoms with Crippen LogP contribution in [0.2, 0.25) is 0 Å². The summed E-state index contributed by atoms with van der Waals surface area (Å²) < 4.78 is 0. The summed E-state index contributed by atoms with van der Waals surface area (Å²) in [7, 11) is 0. The summed E-state index contributed by atoms with van der Waals surface area (Å²) in [5.74, 6) is 0.500. The topological polar surface area (TPSA) is 46.3 Å². The van der Waals surface area contributed by atoms with E-state index >= 15 is 0 Å². The number of piperidine rings is 1. The van der Waals surface area contributed by atoms with Crippen molar-refractivity contribution in [1.82, 2.24) is 4.90 Å². The monoisotopic (exact) mass is 232 g/mol. The molecule has 0 spiro atoms. The third-order valence-electron chi connectivity index (χ3n) is 3.44. The lowest BCUT2D eigenvalue weighted by atomic mass is 9.88. The van der Waals surface area contributed by atoms with Crippen LogP contribution in [0.5, 0.6) is 0 Å². The maximum Gasteiger partial charge on any atom is 0.219 e. The van der Waals surface area contributed by atoms with Gasteiger partial charge in [-0.2, -0.15) is 0 Å². The molecule has 2 unspecified atom stereocenters. The molecule has 0 bridgehead atoms. The van der Waals surface area contributed by atoms with E-state index in [0.29, 0.717) is 12.5 Å². The van der Waals surface area contributed by atoms with Gasteiger partial charge in [-0.1, -0.05) is 29.8 Å². The molecule has 0 radical (unpaired) electrons. The largest absolute Gasteiger partial charge is 0.341 e. The highest BCUT2D eigenvalue weighted by Gasteiger charge is 2.27. The minimum Gasteiger partial charge on any atom is -0.341 e. The number of amides is 1. The molecule has 1 heterocycles. The summed E-state index contributed by atoms with van der Waals surface area (Å²) in [5.41, 5.74) is 8.59. The molecule has 0 aliphatic carbocycles. The predicted molar refractivity (Wildman–Crippen MR) is 68.8 cm³/mol. The van der Waals surface area contributed by atoms with Crippen LogP contribution >= 0.6 is 0 Å². The number of likely N-dealkylation sites (tertiary alicyclic amines) is 1. The number of carbonyl (C=O) groups excluding carboxylic acids is 1. The molecule has 92 valence electrons. The van der Waals surface area contributed by atoms with Gasteiger partial charge >= 0.3 is 0 Å². The van der Waals surface area contributed by atoms with Crippen molar-refractivity contribution in [1.29, 1.82) is 0 Å². The van der Waals surface area contributed by atoms with E-state index in [1.54, 1.807) is 6.92 Å². The lowest BCUT2D eigenvalue weighted by molar-refractivity contribution is -0.130. The molecule has 1 amide bonds. The van der Waals surface area contributed by atoms with Gasteiger partial charge in [0.25, 0.3) is 0 Å². The molecule has 2 N–H and O–H groups in total. The van der Waals surface area contributed by atoms with E-state index in [1.165, 1.54) is 11.1 Å². The minimum absolute atomic E-state index is 0.0955. The molecule has 1 aliphatic rings. The fourth-order valence-corrected chi connectivity index (χ4v) is 2.56. The molecular formula is C14H20N2O. The first-order chi connectivity index (χ1) is 8.06. The minimum atomic E-state index is 0.0955. The molecule has 1 saturated heterocycles. The maximum atomic E-state index is 11.5. The summed E-state index contributed by atoms with van der Waals surface area (Å²) >= 11 is 0. The Kier molecular flexibility index (Phi) is 3.48. The lowest BCUT2D eigenvalue weighted by Crippen LogP contribution is -2.47. The first-order valence-electron chi connectivity index (χ1n) is 6.14. The van der Waals surface area contributed by atoms with Crippen LogP contribution in [0.15, 0.2) is 24.3 Å². The molecule has 2 rings (SSSR count). The average Bonchev–Trinajstić information content (AvgIpc) is 2.28. The van der Waals surface area contributed by atoms with Gasteiger partial charge in [0.05, 0.1) is 0 Å². The van der Waals surface area contributed by atoms with Crippen molar-refractivity contribution in [3.05, 3.63) is 35.4 Å². The highest BCUT2D eigenvalue weighted by molar-refractivity contribution is 5.73. The van der Waals surface area contributed by atoms with E-state index in [2.05, 4.69) is 31.2 Å². The van der Waals surface area contributed by atoms with Crippen molar-refractivity contribution in [3.8, 4) is 0 Å². The third-order valence-corrected chi connectivity index (χ3v) is 3.44. The second-order valence-corrected chi connectivity index (χ2v) is 5.03. The first-order valence-corrected chi connectivity index (χ1v) is 6.14. The summed E-state index contributed by atoms with van der Waals surface area (Å²) in [6.45, 7) is 5.20. The van der Waals surface area contributed by atoms with Crippen LogP contribution in [0.3, 0.4) is 0 Å². The van der Waals surface area contributed by atoms with E-state index < -0.39 is 0 Å². The van der Waals surface area contributed by atoms with Crippen LogP contribution in [-0.4, -0.2) is 29.9 Å². The number of carbonyl (C=O) groups is 1. The Hall–Kier alpha value is -1.35. The Bertz CT molecular complexity index is 416. The Morgan fingerprint density at radius 3 is 2.82 bits per heavy atom. The molecule has 3 nitrogen and oxygen atoms in total. The summed E-state index contributed by atoms with van der Waals surface area (Å²) in [5, 5.41) is 0. The van der Waals surface area contributed by atoms with Crippen LogP contribution in [0.4, 0.5) is 0 Å². The van der Waals surface area contributed by atoms with Crippen molar-refractivity contribution in [2.24, 2.45) is 5.73 Å². The molecule has 17 heavy (non-hydrogen) atoms. The molecule has 0 aromatic heterocycles. The van der Waals surface area contributed by atoms with Crippen LogP contribution in [0, 0.1) is 6.92 Å². The van der Waals surface area contributed by atoms with Crippen LogP contribution in [-0.2, 0) is 4.79 Å². The van der Waals surface area contributed by atoms with Gasteiger partial charge in [0.1, 0.15) is 0 Å². The van der Waals surface area contributed by atoms with Gasteiger partial charge in [-0.15, -0.1) is 0 Å². The molecule has 1 aliphatic heterocycles. The van der Waals surface area contributed by atoms with Crippen molar-refractivity contribution in [2.45, 2.75) is 32.2 Å². The SMILES string of the molecule is CC(=O)N1CC(N)CC(c2cccc(C)c2)C1. The number of hydrogen-bond acceptors (Lipinski definition) is 2.